The molecule has 1 aliphatic rings. The lowest BCUT2D eigenvalue weighted by molar-refractivity contribution is 0.0484. The molecule has 108 valence electrons. The summed E-state index contributed by atoms with van der Waals surface area (Å²) in [5.41, 5.74) is 0. The lowest BCUT2D eigenvalue weighted by Gasteiger charge is -2.29. The van der Waals surface area contributed by atoms with Gasteiger partial charge >= 0.3 is 0 Å². The number of rotatable bonds is 6. The molecule has 0 aliphatic carbocycles. The van der Waals surface area contributed by atoms with Crippen LogP contribution in [0, 0.1) is 5.92 Å². The second-order valence-electron chi connectivity index (χ2n) is 5.34. The molecule has 0 amide bonds. The summed E-state index contributed by atoms with van der Waals surface area (Å²) >= 11 is 1.97. The maximum Gasteiger partial charge on any atom is 0.138 e. The molecule has 2 atom stereocenters. The average molecular weight is 284 g/mol. The number of nitrogens with one attached hydrogen (secondary N) is 1. The molecule has 1 N–H and O–H groups in total. The molecule has 19 heavy (non-hydrogen) atoms. The van der Waals surface area contributed by atoms with Crippen LogP contribution in [-0.2, 0) is 17.7 Å². The van der Waals surface area contributed by atoms with Gasteiger partial charge in [-0.15, -0.1) is 0 Å². The van der Waals surface area contributed by atoms with Crippen molar-refractivity contribution in [1.82, 2.24) is 20.1 Å². The summed E-state index contributed by atoms with van der Waals surface area (Å²) in [6.07, 6.45) is 2.79. The van der Waals surface area contributed by atoms with Gasteiger partial charge in [0, 0.05) is 30.5 Å². The van der Waals surface area contributed by atoms with Gasteiger partial charge in [-0.2, -0.15) is 16.9 Å². The van der Waals surface area contributed by atoms with Crippen LogP contribution in [0.4, 0.5) is 0 Å². The third-order valence-electron chi connectivity index (χ3n) is 3.30. The quantitative estimate of drug-likeness (QED) is 0.850. The third-order valence-corrected chi connectivity index (χ3v) is 4.32. The highest BCUT2D eigenvalue weighted by molar-refractivity contribution is 7.99. The third kappa shape index (κ3) is 4.19. The van der Waals surface area contributed by atoms with E-state index >= 15 is 0 Å². The minimum Gasteiger partial charge on any atom is -0.375 e. The van der Waals surface area contributed by atoms with E-state index in [4.69, 9.17) is 4.74 Å². The van der Waals surface area contributed by atoms with Crippen molar-refractivity contribution < 1.29 is 4.74 Å². The second kappa shape index (κ2) is 7.26. The summed E-state index contributed by atoms with van der Waals surface area (Å²) in [4.78, 5) is 4.40. The summed E-state index contributed by atoms with van der Waals surface area (Å²) in [5, 5.41) is 7.69. The molecular weight excluding hydrogens is 260 g/mol. The van der Waals surface area contributed by atoms with E-state index in [1.807, 2.05) is 23.5 Å². The van der Waals surface area contributed by atoms with Crippen molar-refractivity contribution in [2.45, 2.75) is 39.0 Å². The fraction of sp³-hybridized carbons (Fsp3) is 0.846. The van der Waals surface area contributed by atoms with Gasteiger partial charge in [0.2, 0.25) is 0 Å². The van der Waals surface area contributed by atoms with Crippen LogP contribution in [0.15, 0.2) is 6.33 Å². The Morgan fingerprint density at radius 2 is 2.42 bits per heavy atom. The molecule has 1 aromatic rings. The first-order valence-electron chi connectivity index (χ1n) is 6.94. The molecule has 2 rings (SSSR count). The Hall–Kier alpha value is -0.590. The van der Waals surface area contributed by atoms with Gasteiger partial charge in [-0.1, -0.05) is 13.8 Å². The van der Waals surface area contributed by atoms with Gasteiger partial charge < -0.3 is 10.1 Å². The highest BCUT2D eigenvalue weighted by atomic mass is 32.2. The summed E-state index contributed by atoms with van der Waals surface area (Å²) in [5.74, 6) is 3.79. The van der Waals surface area contributed by atoms with Crippen molar-refractivity contribution in [3.63, 3.8) is 0 Å². The first-order chi connectivity index (χ1) is 9.20. The van der Waals surface area contributed by atoms with Crippen molar-refractivity contribution in [2.75, 3.05) is 25.2 Å². The van der Waals surface area contributed by atoms with E-state index in [9.17, 15) is 0 Å². The Kier molecular flexibility index (Phi) is 5.66. The minimum atomic E-state index is 0.271. The molecule has 0 spiro atoms. The number of thioether (sulfide) groups is 1. The summed E-state index contributed by atoms with van der Waals surface area (Å²) < 4.78 is 7.88. The van der Waals surface area contributed by atoms with Crippen LogP contribution in [0.25, 0.3) is 0 Å². The van der Waals surface area contributed by atoms with Gasteiger partial charge in [-0.05, 0) is 13.0 Å². The van der Waals surface area contributed by atoms with E-state index in [1.165, 1.54) is 0 Å². The molecule has 1 aliphatic heterocycles. The maximum atomic E-state index is 5.86. The molecule has 2 unspecified atom stereocenters. The van der Waals surface area contributed by atoms with Crippen molar-refractivity contribution in [3.8, 4) is 0 Å². The summed E-state index contributed by atoms with van der Waals surface area (Å²) in [7, 11) is 2.00. The summed E-state index contributed by atoms with van der Waals surface area (Å²) in [6.45, 7) is 6.17. The smallest absolute Gasteiger partial charge is 0.138 e. The first kappa shape index (κ1) is 14.8. The number of ether oxygens (including phenoxy) is 1. The monoisotopic (exact) mass is 284 g/mol. The highest BCUT2D eigenvalue weighted by Gasteiger charge is 2.25. The largest absolute Gasteiger partial charge is 0.375 e. The van der Waals surface area contributed by atoms with E-state index in [1.54, 1.807) is 6.33 Å². The van der Waals surface area contributed by atoms with Crippen molar-refractivity contribution in [3.05, 3.63) is 12.2 Å². The summed E-state index contributed by atoms with van der Waals surface area (Å²) in [6, 6.07) is 0.308. The van der Waals surface area contributed by atoms with E-state index < -0.39 is 0 Å². The van der Waals surface area contributed by atoms with Gasteiger partial charge in [0.25, 0.3) is 0 Å². The zero-order valence-electron chi connectivity index (χ0n) is 12.0. The van der Waals surface area contributed by atoms with Crippen LogP contribution in [0.3, 0.4) is 0 Å². The van der Waals surface area contributed by atoms with Crippen LogP contribution in [-0.4, -0.2) is 52.1 Å². The SMILES string of the molecule is CNC(Cc1ncnn1CC(C)C)C1CSCCO1. The molecular formula is C13H24N4OS. The molecule has 0 saturated carbocycles. The zero-order chi connectivity index (χ0) is 13.7. The standard InChI is InChI=1S/C13H24N4OS/c1-10(2)7-17-13(15-9-16-17)6-11(14-3)12-8-19-5-4-18-12/h9-12,14H,4-8H2,1-3H3. The number of nitrogens with zero attached hydrogens (tertiary/aromatic N) is 3. The Bertz CT molecular complexity index is 376. The van der Waals surface area contributed by atoms with Crippen molar-refractivity contribution in [2.24, 2.45) is 5.92 Å². The number of hydrogen-bond donors (Lipinski definition) is 1. The molecule has 1 saturated heterocycles. The van der Waals surface area contributed by atoms with Gasteiger partial charge in [-0.25, -0.2) is 9.67 Å². The van der Waals surface area contributed by atoms with Crippen molar-refractivity contribution in [1.29, 1.82) is 0 Å². The lowest BCUT2D eigenvalue weighted by atomic mass is 10.1. The zero-order valence-corrected chi connectivity index (χ0v) is 12.8. The predicted molar refractivity (Wildman–Crippen MR) is 78.5 cm³/mol. The number of hydrogen-bond acceptors (Lipinski definition) is 5. The fourth-order valence-corrected chi connectivity index (χ4v) is 3.24. The van der Waals surface area contributed by atoms with Crippen LogP contribution in [0.2, 0.25) is 0 Å². The normalized spacial score (nSPS) is 21.8. The van der Waals surface area contributed by atoms with Gasteiger partial charge in [0.15, 0.2) is 0 Å². The molecule has 0 aromatic carbocycles. The topological polar surface area (TPSA) is 52.0 Å². The molecule has 6 heteroatoms. The fourth-order valence-electron chi connectivity index (χ4n) is 2.30. The predicted octanol–water partition coefficient (Wildman–Crippen LogP) is 1.20. The Balaban J connectivity index is 1.99. The number of aromatic nitrogens is 3. The maximum absolute atomic E-state index is 5.86. The van der Waals surface area contributed by atoms with Crippen LogP contribution >= 0.6 is 11.8 Å². The molecule has 0 radical (unpaired) electrons. The minimum absolute atomic E-state index is 0.271. The average Bonchev–Trinajstić information content (AvgIpc) is 2.83. The van der Waals surface area contributed by atoms with E-state index in [2.05, 4.69) is 29.2 Å². The molecule has 0 bridgehead atoms. The Labute approximate surface area is 119 Å². The number of likely N-dealkylation sites (N-methyl/N-ethyl adjacent to an activating group) is 1. The second-order valence-corrected chi connectivity index (χ2v) is 6.49. The van der Waals surface area contributed by atoms with Gasteiger partial charge in [-0.3, -0.25) is 0 Å². The van der Waals surface area contributed by atoms with Crippen LogP contribution < -0.4 is 5.32 Å². The first-order valence-corrected chi connectivity index (χ1v) is 8.09. The van der Waals surface area contributed by atoms with Crippen LogP contribution in [0.5, 0.6) is 0 Å². The highest BCUT2D eigenvalue weighted by Crippen LogP contribution is 2.17. The lowest BCUT2D eigenvalue weighted by Crippen LogP contribution is -2.45. The molecule has 2 heterocycles. The molecule has 1 aromatic heterocycles. The Morgan fingerprint density at radius 3 is 3.05 bits per heavy atom. The Morgan fingerprint density at radius 1 is 1.58 bits per heavy atom. The van der Waals surface area contributed by atoms with E-state index in [0.717, 1.165) is 36.9 Å². The van der Waals surface area contributed by atoms with E-state index in [-0.39, 0.29) is 6.10 Å². The molecule has 1 fully saturated rings. The van der Waals surface area contributed by atoms with Gasteiger partial charge in [0.1, 0.15) is 12.2 Å². The van der Waals surface area contributed by atoms with Crippen molar-refractivity contribution >= 4 is 11.8 Å². The van der Waals surface area contributed by atoms with E-state index in [0.29, 0.717) is 12.0 Å². The van der Waals surface area contributed by atoms with Crippen LogP contribution in [0.1, 0.15) is 19.7 Å². The van der Waals surface area contributed by atoms with Gasteiger partial charge in [0.05, 0.1) is 12.7 Å². The molecule has 5 nitrogen and oxygen atoms in total.